The summed E-state index contributed by atoms with van der Waals surface area (Å²) in [7, 11) is 0. The molecule has 90 valence electrons. The Labute approximate surface area is 99.2 Å². The highest BCUT2D eigenvalue weighted by Gasteiger charge is 2.32. The van der Waals surface area contributed by atoms with E-state index in [-0.39, 0.29) is 23.8 Å². The minimum absolute atomic E-state index is 0.0826. The molecular weight excluding hydrogens is 226 g/mol. The van der Waals surface area contributed by atoms with Gasteiger partial charge in [-0.3, -0.25) is 9.59 Å². The van der Waals surface area contributed by atoms with Crippen LogP contribution in [-0.4, -0.2) is 34.5 Å². The van der Waals surface area contributed by atoms with Crippen LogP contribution in [0.15, 0.2) is 0 Å². The van der Waals surface area contributed by atoms with E-state index in [1.807, 2.05) is 11.8 Å². The Bertz CT molecular complexity index is 289. The number of carbonyl (C=O) groups excluding carboxylic acids is 1. The maximum Gasteiger partial charge on any atom is 0.306 e. The van der Waals surface area contributed by atoms with Crippen LogP contribution in [0.3, 0.4) is 0 Å². The van der Waals surface area contributed by atoms with Crippen molar-refractivity contribution in [2.45, 2.75) is 31.7 Å². The second-order valence-electron chi connectivity index (χ2n) is 4.61. The maximum absolute atomic E-state index is 11.8. The standard InChI is InChI=1S/C11H17NO3S/c13-10(8-3-4-16-6-8)12-9-2-1-7(5-9)11(14)15/h7-9H,1-6H2,(H,12,13)(H,14,15)/t7-,8?,9+/m1/s1. The van der Waals surface area contributed by atoms with Gasteiger partial charge in [0.25, 0.3) is 0 Å². The third-order valence-corrected chi connectivity index (χ3v) is 4.59. The molecule has 1 saturated heterocycles. The SMILES string of the molecule is O=C(N[C@H]1CC[C@@H](C(=O)O)C1)C1CCSC1. The molecule has 5 heteroatoms. The number of carboxylic acids is 1. The predicted molar refractivity (Wildman–Crippen MR) is 62.3 cm³/mol. The third kappa shape index (κ3) is 2.70. The van der Waals surface area contributed by atoms with Gasteiger partial charge >= 0.3 is 5.97 Å². The van der Waals surface area contributed by atoms with Gasteiger partial charge < -0.3 is 10.4 Å². The van der Waals surface area contributed by atoms with E-state index in [9.17, 15) is 9.59 Å². The predicted octanol–water partition coefficient (Wildman–Crippen LogP) is 1.11. The van der Waals surface area contributed by atoms with Crippen molar-refractivity contribution in [1.29, 1.82) is 0 Å². The topological polar surface area (TPSA) is 66.4 Å². The number of aliphatic carboxylic acids is 1. The first-order valence-corrected chi connectivity index (χ1v) is 6.93. The van der Waals surface area contributed by atoms with E-state index in [0.29, 0.717) is 12.8 Å². The second kappa shape index (κ2) is 5.08. The van der Waals surface area contributed by atoms with Gasteiger partial charge in [0.1, 0.15) is 0 Å². The van der Waals surface area contributed by atoms with Crippen molar-refractivity contribution in [3.8, 4) is 0 Å². The van der Waals surface area contributed by atoms with Gasteiger partial charge in [0, 0.05) is 17.7 Å². The van der Waals surface area contributed by atoms with Gasteiger partial charge in [-0.2, -0.15) is 11.8 Å². The molecule has 2 fully saturated rings. The van der Waals surface area contributed by atoms with E-state index in [1.165, 1.54) is 0 Å². The van der Waals surface area contributed by atoms with Crippen LogP contribution in [0, 0.1) is 11.8 Å². The number of carbonyl (C=O) groups is 2. The fourth-order valence-corrected chi connectivity index (χ4v) is 3.62. The Morgan fingerprint density at radius 3 is 2.56 bits per heavy atom. The normalized spacial score (nSPS) is 33.9. The molecule has 0 aromatic heterocycles. The molecule has 16 heavy (non-hydrogen) atoms. The van der Waals surface area contributed by atoms with Gasteiger partial charge in [0.05, 0.1) is 5.92 Å². The molecule has 1 heterocycles. The first-order chi connectivity index (χ1) is 7.66. The quantitative estimate of drug-likeness (QED) is 0.779. The lowest BCUT2D eigenvalue weighted by atomic mass is 10.1. The van der Waals surface area contributed by atoms with Crippen LogP contribution in [0.4, 0.5) is 0 Å². The smallest absolute Gasteiger partial charge is 0.306 e. The van der Waals surface area contributed by atoms with Crippen molar-refractivity contribution in [2.24, 2.45) is 11.8 Å². The Morgan fingerprint density at radius 1 is 1.19 bits per heavy atom. The molecule has 0 bridgehead atoms. The molecular formula is C11H17NO3S. The van der Waals surface area contributed by atoms with E-state index in [0.717, 1.165) is 24.3 Å². The van der Waals surface area contributed by atoms with Gasteiger partial charge in [-0.05, 0) is 31.4 Å². The van der Waals surface area contributed by atoms with E-state index in [4.69, 9.17) is 5.11 Å². The summed E-state index contributed by atoms with van der Waals surface area (Å²) in [6.07, 6.45) is 3.06. The van der Waals surface area contributed by atoms with Gasteiger partial charge in [0.15, 0.2) is 0 Å². The number of hydrogen-bond acceptors (Lipinski definition) is 3. The van der Waals surface area contributed by atoms with Crippen molar-refractivity contribution in [3.63, 3.8) is 0 Å². The number of thioether (sulfide) groups is 1. The van der Waals surface area contributed by atoms with Gasteiger partial charge in [-0.25, -0.2) is 0 Å². The minimum atomic E-state index is -0.729. The van der Waals surface area contributed by atoms with Gasteiger partial charge in [0.2, 0.25) is 5.91 Å². The van der Waals surface area contributed by atoms with Crippen molar-refractivity contribution in [2.75, 3.05) is 11.5 Å². The van der Waals surface area contributed by atoms with Crippen LogP contribution < -0.4 is 5.32 Å². The Kier molecular flexibility index (Phi) is 3.74. The fourth-order valence-electron chi connectivity index (χ4n) is 2.40. The molecule has 0 radical (unpaired) electrons. The van der Waals surface area contributed by atoms with Crippen molar-refractivity contribution >= 4 is 23.6 Å². The van der Waals surface area contributed by atoms with Crippen LogP contribution >= 0.6 is 11.8 Å². The molecule has 4 nitrogen and oxygen atoms in total. The molecule has 3 atom stereocenters. The molecule has 2 rings (SSSR count). The maximum atomic E-state index is 11.8. The Morgan fingerprint density at radius 2 is 2.00 bits per heavy atom. The molecule has 1 aliphatic carbocycles. The zero-order valence-electron chi connectivity index (χ0n) is 9.15. The van der Waals surface area contributed by atoms with Gasteiger partial charge in [-0.1, -0.05) is 0 Å². The molecule has 1 amide bonds. The summed E-state index contributed by atoms with van der Waals surface area (Å²) in [6.45, 7) is 0. The fraction of sp³-hybridized carbons (Fsp3) is 0.818. The lowest BCUT2D eigenvalue weighted by molar-refractivity contribution is -0.141. The molecule has 1 unspecified atom stereocenters. The summed E-state index contributed by atoms with van der Waals surface area (Å²) >= 11 is 1.82. The number of amides is 1. The van der Waals surface area contributed by atoms with Crippen LogP contribution in [-0.2, 0) is 9.59 Å². The molecule has 1 aliphatic heterocycles. The molecule has 2 aliphatic rings. The molecule has 1 saturated carbocycles. The molecule has 0 aromatic rings. The van der Waals surface area contributed by atoms with E-state index < -0.39 is 5.97 Å². The second-order valence-corrected chi connectivity index (χ2v) is 5.76. The lowest BCUT2D eigenvalue weighted by Gasteiger charge is -2.15. The van der Waals surface area contributed by atoms with Crippen molar-refractivity contribution in [3.05, 3.63) is 0 Å². The van der Waals surface area contributed by atoms with Gasteiger partial charge in [-0.15, -0.1) is 0 Å². The lowest BCUT2D eigenvalue weighted by Crippen LogP contribution is -2.37. The number of hydrogen-bond donors (Lipinski definition) is 2. The average Bonchev–Trinajstić information content (AvgIpc) is 2.87. The van der Waals surface area contributed by atoms with Crippen LogP contribution in [0.25, 0.3) is 0 Å². The highest BCUT2D eigenvalue weighted by molar-refractivity contribution is 7.99. The van der Waals surface area contributed by atoms with Crippen molar-refractivity contribution in [1.82, 2.24) is 5.32 Å². The number of carboxylic acid groups (broad SMARTS) is 1. The largest absolute Gasteiger partial charge is 0.481 e. The van der Waals surface area contributed by atoms with Crippen molar-refractivity contribution < 1.29 is 14.7 Å². The Balaban J connectivity index is 1.78. The highest BCUT2D eigenvalue weighted by Crippen LogP contribution is 2.27. The molecule has 0 aromatic carbocycles. The zero-order valence-corrected chi connectivity index (χ0v) is 9.96. The van der Waals surface area contributed by atoms with E-state index in [1.54, 1.807) is 0 Å². The molecule has 0 spiro atoms. The minimum Gasteiger partial charge on any atom is -0.481 e. The van der Waals surface area contributed by atoms with Crippen LogP contribution in [0.2, 0.25) is 0 Å². The average molecular weight is 243 g/mol. The Hall–Kier alpha value is -0.710. The molecule has 2 N–H and O–H groups in total. The van der Waals surface area contributed by atoms with Crippen LogP contribution in [0.5, 0.6) is 0 Å². The number of nitrogens with one attached hydrogen (secondary N) is 1. The first kappa shape index (κ1) is 11.8. The monoisotopic (exact) mass is 243 g/mol. The summed E-state index contributed by atoms with van der Waals surface area (Å²) in [6, 6.07) is 0.0826. The van der Waals surface area contributed by atoms with Crippen LogP contribution in [0.1, 0.15) is 25.7 Å². The van der Waals surface area contributed by atoms with E-state index in [2.05, 4.69) is 5.32 Å². The first-order valence-electron chi connectivity index (χ1n) is 5.77. The van der Waals surface area contributed by atoms with E-state index >= 15 is 0 Å². The summed E-state index contributed by atoms with van der Waals surface area (Å²) < 4.78 is 0. The summed E-state index contributed by atoms with van der Waals surface area (Å²) in [4.78, 5) is 22.6. The highest BCUT2D eigenvalue weighted by atomic mass is 32.2. The summed E-state index contributed by atoms with van der Waals surface area (Å²) in [5, 5.41) is 11.9. The number of rotatable bonds is 3. The summed E-state index contributed by atoms with van der Waals surface area (Å²) in [5.41, 5.74) is 0. The zero-order chi connectivity index (χ0) is 11.5. The summed E-state index contributed by atoms with van der Waals surface area (Å²) in [5.74, 6) is 1.27. The third-order valence-electron chi connectivity index (χ3n) is 3.43.